The summed E-state index contributed by atoms with van der Waals surface area (Å²) >= 11 is 0. The van der Waals surface area contributed by atoms with Crippen molar-refractivity contribution in [1.29, 1.82) is 0 Å². The fourth-order valence-corrected chi connectivity index (χ4v) is 2.66. The largest absolute Gasteiger partial charge is 0.491 e. The highest BCUT2D eigenvalue weighted by molar-refractivity contribution is 5.82. The fourth-order valence-electron chi connectivity index (χ4n) is 2.66. The van der Waals surface area contributed by atoms with Gasteiger partial charge in [-0.25, -0.2) is 0 Å². The van der Waals surface area contributed by atoms with E-state index in [9.17, 15) is 4.79 Å². The minimum atomic E-state index is -0.0611. The van der Waals surface area contributed by atoms with Gasteiger partial charge in [0.2, 0.25) is 5.91 Å². The molecule has 1 N–H and O–H groups in total. The predicted octanol–water partition coefficient (Wildman–Crippen LogP) is 3.45. The molecule has 0 atom stereocenters. The van der Waals surface area contributed by atoms with E-state index < -0.39 is 0 Å². The summed E-state index contributed by atoms with van der Waals surface area (Å²) in [6, 6.07) is 13.9. The van der Waals surface area contributed by atoms with Crippen LogP contribution >= 0.6 is 0 Å². The van der Waals surface area contributed by atoms with Gasteiger partial charge in [-0.2, -0.15) is 5.10 Å². The van der Waals surface area contributed by atoms with Crippen LogP contribution in [0, 0.1) is 6.92 Å². The zero-order valence-corrected chi connectivity index (χ0v) is 14.8. The lowest BCUT2D eigenvalue weighted by molar-refractivity contribution is -0.121. The van der Waals surface area contributed by atoms with Crippen molar-refractivity contribution in [2.45, 2.75) is 40.0 Å². The molecule has 0 aliphatic rings. The predicted molar refractivity (Wildman–Crippen MR) is 98.5 cm³/mol. The van der Waals surface area contributed by atoms with Gasteiger partial charge >= 0.3 is 0 Å². The third-order valence-electron chi connectivity index (χ3n) is 3.88. The molecule has 0 aliphatic carbocycles. The molecule has 0 saturated carbocycles. The van der Waals surface area contributed by atoms with Crippen LogP contribution in [-0.2, 0) is 17.9 Å². The van der Waals surface area contributed by atoms with Crippen molar-refractivity contribution in [3.8, 4) is 5.75 Å². The Morgan fingerprint density at radius 2 is 1.96 bits per heavy atom. The Labute approximate surface area is 147 Å². The van der Waals surface area contributed by atoms with Gasteiger partial charge in [0, 0.05) is 11.9 Å². The van der Waals surface area contributed by atoms with Gasteiger partial charge in [0.15, 0.2) is 0 Å². The minimum absolute atomic E-state index is 0.0611. The van der Waals surface area contributed by atoms with E-state index in [4.69, 9.17) is 4.74 Å². The lowest BCUT2D eigenvalue weighted by atomic mass is 10.2. The summed E-state index contributed by atoms with van der Waals surface area (Å²) in [5.74, 6) is 0.775. The van der Waals surface area contributed by atoms with Crippen molar-refractivity contribution >= 4 is 16.8 Å². The van der Waals surface area contributed by atoms with Crippen molar-refractivity contribution < 1.29 is 9.53 Å². The Hall–Kier alpha value is -2.82. The number of rotatable bonds is 6. The van der Waals surface area contributed by atoms with E-state index in [-0.39, 0.29) is 18.6 Å². The molecular weight excluding hydrogens is 314 g/mol. The maximum absolute atomic E-state index is 12.2. The van der Waals surface area contributed by atoms with Gasteiger partial charge in [0.1, 0.15) is 12.3 Å². The molecule has 0 unspecified atom stereocenters. The maximum atomic E-state index is 12.2. The number of carbonyl (C=O) groups excluding carboxylic acids is 1. The topological polar surface area (TPSA) is 56.2 Å². The third-order valence-corrected chi connectivity index (χ3v) is 3.88. The summed E-state index contributed by atoms with van der Waals surface area (Å²) in [6.07, 6.45) is 1.94. The highest BCUT2D eigenvalue weighted by Crippen LogP contribution is 2.16. The van der Waals surface area contributed by atoms with Crippen molar-refractivity contribution in [3.63, 3.8) is 0 Å². The fraction of sp³-hybridized carbons (Fsp3) is 0.300. The van der Waals surface area contributed by atoms with Crippen LogP contribution in [0.2, 0.25) is 0 Å². The van der Waals surface area contributed by atoms with Crippen LogP contribution < -0.4 is 10.1 Å². The molecule has 0 bridgehead atoms. The molecule has 0 aliphatic heterocycles. The molecule has 1 amide bonds. The summed E-state index contributed by atoms with van der Waals surface area (Å²) in [7, 11) is 0. The average molecular weight is 337 g/mol. The van der Waals surface area contributed by atoms with E-state index in [1.807, 2.05) is 63.2 Å². The van der Waals surface area contributed by atoms with Gasteiger partial charge in [-0.15, -0.1) is 0 Å². The normalized spacial score (nSPS) is 11.0. The van der Waals surface area contributed by atoms with E-state index in [1.165, 1.54) is 0 Å². The van der Waals surface area contributed by atoms with Crippen LogP contribution in [0.3, 0.4) is 0 Å². The van der Waals surface area contributed by atoms with E-state index >= 15 is 0 Å². The number of nitrogens with zero attached hydrogens (tertiary/aromatic N) is 2. The van der Waals surface area contributed by atoms with Gasteiger partial charge in [-0.3, -0.25) is 9.48 Å². The SMILES string of the molecule is Cc1ccc2cnn(CC(=O)NCc3ccc(OC(C)C)cc3)c2c1. The van der Waals surface area contributed by atoms with Gasteiger partial charge < -0.3 is 10.1 Å². The first kappa shape index (κ1) is 17.0. The van der Waals surface area contributed by atoms with Crippen molar-refractivity contribution in [2.75, 3.05) is 0 Å². The van der Waals surface area contributed by atoms with Gasteiger partial charge in [0.05, 0.1) is 17.8 Å². The summed E-state index contributed by atoms with van der Waals surface area (Å²) in [6.45, 7) is 6.72. The molecule has 3 rings (SSSR count). The first-order chi connectivity index (χ1) is 12.0. The second-order valence-corrected chi connectivity index (χ2v) is 6.45. The number of benzene rings is 2. The molecule has 0 spiro atoms. The molecule has 2 aromatic carbocycles. The van der Waals surface area contributed by atoms with Crippen LogP contribution in [0.4, 0.5) is 0 Å². The molecule has 0 saturated heterocycles. The van der Waals surface area contributed by atoms with Crippen molar-refractivity contribution in [3.05, 3.63) is 59.8 Å². The molecule has 1 heterocycles. The highest BCUT2D eigenvalue weighted by Gasteiger charge is 2.08. The second kappa shape index (κ2) is 7.38. The van der Waals surface area contributed by atoms with E-state index in [2.05, 4.69) is 10.4 Å². The maximum Gasteiger partial charge on any atom is 0.242 e. The van der Waals surface area contributed by atoms with E-state index in [0.717, 1.165) is 27.8 Å². The summed E-state index contributed by atoms with van der Waals surface area (Å²) in [4.78, 5) is 12.2. The summed E-state index contributed by atoms with van der Waals surface area (Å²) in [5.41, 5.74) is 3.16. The number of amides is 1. The molecule has 5 heteroatoms. The van der Waals surface area contributed by atoms with Gasteiger partial charge in [0.25, 0.3) is 0 Å². The molecule has 25 heavy (non-hydrogen) atoms. The first-order valence-electron chi connectivity index (χ1n) is 8.46. The Bertz CT molecular complexity index is 866. The van der Waals surface area contributed by atoms with Crippen LogP contribution in [0.15, 0.2) is 48.7 Å². The smallest absolute Gasteiger partial charge is 0.242 e. The molecule has 130 valence electrons. The first-order valence-corrected chi connectivity index (χ1v) is 8.46. The average Bonchev–Trinajstić information content (AvgIpc) is 2.96. The van der Waals surface area contributed by atoms with Crippen LogP contribution in [0.5, 0.6) is 5.75 Å². The monoisotopic (exact) mass is 337 g/mol. The van der Waals surface area contributed by atoms with Gasteiger partial charge in [-0.1, -0.05) is 24.3 Å². The zero-order chi connectivity index (χ0) is 17.8. The van der Waals surface area contributed by atoms with Crippen LogP contribution in [0.1, 0.15) is 25.0 Å². The van der Waals surface area contributed by atoms with Crippen molar-refractivity contribution in [1.82, 2.24) is 15.1 Å². The standard InChI is InChI=1S/C20H23N3O2/c1-14(2)25-18-8-5-16(6-9-18)11-21-20(24)13-23-19-10-15(3)4-7-17(19)12-22-23/h4-10,12,14H,11,13H2,1-3H3,(H,21,24). The lowest BCUT2D eigenvalue weighted by Crippen LogP contribution is -2.27. The number of hydrogen-bond acceptors (Lipinski definition) is 3. The van der Waals surface area contributed by atoms with E-state index in [0.29, 0.717) is 6.54 Å². The molecule has 3 aromatic rings. The molecule has 5 nitrogen and oxygen atoms in total. The lowest BCUT2D eigenvalue weighted by Gasteiger charge is -2.10. The van der Waals surface area contributed by atoms with E-state index in [1.54, 1.807) is 10.9 Å². The molecule has 0 fully saturated rings. The Morgan fingerprint density at radius 1 is 1.20 bits per heavy atom. The quantitative estimate of drug-likeness (QED) is 0.749. The molecular formula is C20H23N3O2. The summed E-state index contributed by atoms with van der Waals surface area (Å²) < 4.78 is 7.35. The number of fused-ring (bicyclic) bond motifs is 1. The second-order valence-electron chi connectivity index (χ2n) is 6.45. The number of hydrogen-bond donors (Lipinski definition) is 1. The number of ether oxygens (including phenoxy) is 1. The van der Waals surface area contributed by atoms with Crippen LogP contribution in [-0.4, -0.2) is 21.8 Å². The zero-order valence-electron chi connectivity index (χ0n) is 14.8. The Kier molecular flexibility index (Phi) is 5.03. The minimum Gasteiger partial charge on any atom is -0.491 e. The molecule has 0 radical (unpaired) electrons. The number of aromatic nitrogens is 2. The van der Waals surface area contributed by atoms with Crippen molar-refractivity contribution in [2.24, 2.45) is 0 Å². The highest BCUT2D eigenvalue weighted by atomic mass is 16.5. The summed E-state index contributed by atoms with van der Waals surface area (Å²) in [5, 5.41) is 8.29. The van der Waals surface area contributed by atoms with Crippen LogP contribution in [0.25, 0.3) is 10.9 Å². The Balaban J connectivity index is 1.58. The number of nitrogens with one attached hydrogen (secondary N) is 1. The molecule has 1 aromatic heterocycles. The number of carbonyl (C=O) groups is 1. The third kappa shape index (κ3) is 4.38. The van der Waals surface area contributed by atoms with Gasteiger partial charge in [-0.05, 0) is 50.1 Å². The number of aryl methyl sites for hydroxylation is 1. The Morgan fingerprint density at radius 3 is 2.68 bits per heavy atom.